The standard InChI is InChI=1S/C11H21NO/c13-9-11-3-1-2-7-12(11)8-6-10-4-5-10/h10-11,13H,1-9H2. The number of aliphatic hydroxyl groups excluding tert-OH is 1. The van der Waals surface area contributed by atoms with Crippen LogP contribution in [-0.4, -0.2) is 35.7 Å². The second-order valence-electron chi connectivity index (χ2n) is 4.60. The summed E-state index contributed by atoms with van der Waals surface area (Å²) >= 11 is 0. The molecule has 0 aromatic rings. The Morgan fingerprint density at radius 2 is 2.00 bits per heavy atom. The smallest absolute Gasteiger partial charge is 0.0586 e. The van der Waals surface area contributed by atoms with E-state index in [0.29, 0.717) is 12.6 Å². The van der Waals surface area contributed by atoms with Crippen LogP contribution >= 0.6 is 0 Å². The van der Waals surface area contributed by atoms with E-state index in [0.717, 1.165) is 5.92 Å². The van der Waals surface area contributed by atoms with Crippen molar-refractivity contribution in [1.82, 2.24) is 4.90 Å². The Morgan fingerprint density at radius 3 is 2.69 bits per heavy atom. The molecule has 0 aromatic carbocycles. The van der Waals surface area contributed by atoms with Gasteiger partial charge in [-0.05, 0) is 38.3 Å². The lowest BCUT2D eigenvalue weighted by atomic mass is 10.0. The predicted octanol–water partition coefficient (Wildman–Crippen LogP) is 1.63. The maximum atomic E-state index is 9.20. The van der Waals surface area contributed by atoms with Gasteiger partial charge in [-0.1, -0.05) is 19.3 Å². The zero-order valence-corrected chi connectivity index (χ0v) is 8.41. The van der Waals surface area contributed by atoms with Crippen LogP contribution in [0.4, 0.5) is 0 Å². The highest BCUT2D eigenvalue weighted by Crippen LogP contribution is 2.33. The molecule has 2 nitrogen and oxygen atoms in total. The van der Waals surface area contributed by atoms with Gasteiger partial charge >= 0.3 is 0 Å². The van der Waals surface area contributed by atoms with E-state index in [4.69, 9.17) is 0 Å². The van der Waals surface area contributed by atoms with Crippen molar-refractivity contribution in [1.29, 1.82) is 0 Å². The normalized spacial score (nSPS) is 30.7. The van der Waals surface area contributed by atoms with Crippen molar-refractivity contribution in [3.05, 3.63) is 0 Å². The molecular weight excluding hydrogens is 162 g/mol. The molecule has 0 spiro atoms. The van der Waals surface area contributed by atoms with Crippen LogP contribution in [0.2, 0.25) is 0 Å². The fraction of sp³-hybridized carbons (Fsp3) is 1.00. The summed E-state index contributed by atoms with van der Waals surface area (Å²) in [6.07, 6.45) is 8.14. The number of piperidine rings is 1. The second-order valence-corrected chi connectivity index (χ2v) is 4.60. The molecule has 2 fully saturated rings. The third-order valence-corrected chi connectivity index (χ3v) is 3.48. The van der Waals surface area contributed by atoms with E-state index in [1.807, 2.05) is 0 Å². The average Bonchev–Trinajstić information content (AvgIpc) is 2.99. The third kappa shape index (κ3) is 2.68. The fourth-order valence-corrected chi connectivity index (χ4v) is 2.32. The van der Waals surface area contributed by atoms with E-state index in [1.165, 1.54) is 51.6 Å². The van der Waals surface area contributed by atoms with Gasteiger partial charge in [-0.2, -0.15) is 0 Å². The van der Waals surface area contributed by atoms with Crippen molar-refractivity contribution in [3.63, 3.8) is 0 Å². The number of hydrogen-bond donors (Lipinski definition) is 1. The number of hydrogen-bond acceptors (Lipinski definition) is 2. The molecule has 2 aliphatic rings. The molecule has 1 N–H and O–H groups in total. The van der Waals surface area contributed by atoms with Gasteiger partial charge in [0.1, 0.15) is 0 Å². The molecule has 1 saturated heterocycles. The molecular formula is C11H21NO. The first kappa shape index (κ1) is 9.47. The van der Waals surface area contributed by atoms with Crippen LogP contribution in [0.25, 0.3) is 0 Å². The lowest BCUT2D eigenvalue weighted by molar-refractivity contribution is 0.0879. The second kappa shape index (κ2) is 4.43. The van der Waals surface area contributed by atoms with Gasteiger partial charge in [0.2, 0.25) is 0 Å². The molecule has 0 radical (unpaired) electrons. The quantitative estimate of drug-likeness (QED) is 0.716. The van der Waals surface area contributed by atoms with E-state index in [1.54, 1.807) is 0 Å². The van der Waals surface area contributed by atoms with Crippen LogP contribution in [0.3, 0.4) is 0 Å². The first-order chi connectivity index (χ1) is 6.40. The van der Waals surface area contributed by atoms with Crippen molar-refractivity contribution in [3.8, 4) is 0 Å². The van der Waals surface area contributed by atoms with Gasteiger partial charge in [0.05, 0.1) is 6.61 Å². The van der Waals surface area contributed by atoms with Gasteiger partial charge in [0.15, 0.2) is 0 Å². The molecule has 0 bridgehead atoms. The Bertz CT molecular complexity index is 156. The molecule has 76 valence electrons. The Balaban J connectivity index is 1.72. The van der Waals surface area contributed by atoms with Crippen molar-refractivity contribution in [2.75, 3.05) is 19.7 Å². The molecule has 0 amide bonds. The van der Waals surface area contributed by atoms with E-state index in [2.05, 4.69) is 4.90 Å². The van der Waals surface area contributed by atoms with E-state index >= 15 is 0 Å². The summed E-state index contributed by atoms with van der Waals surface area (Å²) in [6.45, 7) is 2.82. The van der Waals surface area contributed by atoms with Gasteiger partial charge in [-0.25, -0.2) is 0 Å². The minimum absolute atomic E-state index is 0.366. The van der Waals surface area contributed by atoms with Crippen molar-refractivity contribution in [2.45, 2.75) is 44.6 Å². The summed E-state index contributed by atoms with van der Waals surface area (Å²) < 4.78 is 0. The highest BCUT2D eigenvalue weighted by Gasteiger charge is 2.25. The first-order valence-corrected chi connectivity index (χ1v) is 5.75. The highest BCUT2D eigenvalue weighted by molar-refractivity contribution is 4.80. The molecule has 1 heterocycles. The van der Waals surface area contributed by atoms with Crippen LogP contribution in [0.15, 0.2) is 0 Å². The monoisotopic (exact) mass is 183 g/mol. The fourth-order valence-electron chi connectivity index (χ4n) is 2.32. The molecule has 2 heteroatoms. The van der Waals surface area contributed by atoms with E-state index in [9.17, 15) is 5.11 Å². The Morgan fingerprint density at radius 1 is 1.15 bits per heavy atom. The summed E-state index contributed by atoms with van der Waals surface area (Å²) in [5, 5.41) is 9.20. The first-order valence-electron chi connectivity index (χ1n) is 5.75. The number of aliphatic hydroxyl groups is 1. The molecule has 1 saturated carbocycles. The molecule has 1 aliphatic carbocycles. The number of nitrogens with zero attached hydrogens (tertiary/aromatic N) is 1. The van der Waals surface area contributed by atoms with Gasteiger partial charge < -0.3 is 5.11 Å². The summed E-state index contributed by atoms with van der Waals surface area (Å²) in [7, 11) is 0. The van der Waals surface area contributed by atoms with Gasteiger partial charge in [0, 0.05) is 6.04 Å². The van der Waals surface area contributed by atoms with Crippen LogP contribution < -0.4 is 0 Å². The lowest BCUT2D eigenvalue weighted by Crippen LogP contribution is -2.42. The molecule has 13 heavy (non-hydrogen) atoms. The predicted molar refractivity (Wildman–Crippen MR) is 53.6 cm³/mol. The zero-order chi connectivity index (χ0) is 9.10. The molecule has 1 atom stereocenters. The SMILES string of the molecule is OCC1CCCCN1CCC1CC1. The molecule has 1 aliphatic heterocycles. The summed E-state index contributed by atoms with van der Waals surface area (Å²) in [5.41, 5.74) is 0. The lowest BCUT2D eigenvalue weighted by Gasteiger charge is -2.34. The van der Waals surface area contributed by atoms with Crippen LogP contribution in [0.1, 0.15) is 38.5 Å². The van der Waals surface area contributed by atoms with Gasteiger partial charge in [-0.3, -0.25) is 4.90 Å². The van der Waals surface area contributed by atoms with Crippen LogP contribution in [0.5, 0.6) is 0 Å². The Labute approximate surface area is 80.9 Å². The van der Waals surface area contributed by atoms with Gasteiger partial charge in [-0.15, -0.1) is 0 Å². The van der Waals surface area contributed by atoms with Crippen molar-refractivity contribution in [2.24, 2.45) is 5.92 Å². The molecule has 1 unspecified atom stereocenters. The summed E-state index contributed by atoms with van der Waals surface area (Å²) in [4.78, 5) is 2.50. The Kier molecular flexibility index (Phi) is 3.23. The number of likely N-dealkylation sites (tertiary alicyclic amines) is 1. The third-order valence-electron chi connectivity index (χ3n) is 3.48. The minimum Gasteiger partial charge on any atom is -0.395 e. The molecule has 0 aromatic heterocycles. The zero-order valence-electron chi connectivity index (χ0n) is 8.41. The topological polar surface area (TPSA) is 23.5 Å². The van der Waals surface area contributed by atoms with Crippen molar-refractivity contribution >= 4 is 0 Å². The van der Waals surface area contributed by atoms with E-state index < -0.39 is 0 Å². The van der Waals surface area contributed by atoms with Gasteiger partial charge in [0.25, 0.3) is 0 Å². The minimum atomic E-state index is 0.366. The number of rotatable bonds is 4. The maximum Gasteiger partial charge on any atom is 0.0586 e. The summed E-state index contributed by atoms with van der Waals surface area (Å²) in [5.74, 6) is 1.03. The Hall–Kier alpha value is -0.0800. The maximum absolute atomic E-state index is 9.20. The average molecular weight is 183 g/mol. The van der Waals surface area contributed by atoms with Crippen LogP contribution in [-0.2, 0) is 0 Å². The van der Waals surface area contributed by atoms with Crippen LogP contribution in [0, 0.1) is 5.92 Å². The van der Waals surface area contributed by atoms with Crippen molar-refractivity contribution < 1.29 is 5.11 Å². The van der Waals surface area contributed by atoms with E-state index in [-0.39, 0.29) is 0 Å². The largest absolute Gasteiger partial charge is 0.395 e. The molecule has 2 rings (SSSR count). The summed E-state index contributed by atoms with van der Waals surface area (Å²) in [6, 6.07) is 0.479. The highest BCUT2D eigenvalue weighted by atomic mass is 16.3.